The minimum Gasteiger partial charge on any atom is -0.365 e. The minimum atomic E-state index is 0.567. The first kappa shape index (κ1) is 15.9. The molecule has 5 nitrogen and oxygen atoms in total. The van der Waals surface area contributed by atoms with Crippen LogP contribution < -0.4 is 10.6 Å². The molecule has 0 fully saturated rings. The highest BCUT2D eigenvalue weighted by atomic mass is 79.9. The third-order valence-electron chi connectivity index (χ3n) is 3.33. The van der Waals surface area contributed by atoms with E-state index >= 15 is 0 Å². The molecular formula is C16H16BrN5S. The Morgan fingerprint density at radius 3 is 2.65 bits per heavy atom. The van der Waals surface area contributed by atoms with Gasteiger partial charge in [0.1, 0.15) is 0 Å². The second kappa shape index (κ2) is 6.64. The normalized spacial score (nSPS) is 10.6. The van der Waals surface area contributed by atoms with E-state index in [2.05, 4.69) is 48.4 Å². The number of aryl methyl sites for hydroxylation is 2. The maximum absolute atomic E-state index is 4.60. The molecule has 0 saturated carbocycles. The number of nitrogens with zero attached hydrogens (tertiary/aromatic N) is 3. The Balaban J connectivity index is 1.90. The van der Waals surface area contributed by atoms with Crippen LogP contribution in [0.5, 0.6) is 0 Å². The van der Waals surface area contributed by atoms with Crippen molar-refractivity contribution >= 4 is 44.0 Å². The lowest BCUT2D eigenvalue weighted by atomic mass is 10.2. The van der Waals surface area contributed by atoms with Gasteiger partial charge in [-0.3, -0.25) is 0 Å². The van der Waals surface area contributed by atoms with E-state index in [0.29, 0.717) is 5.95 Å². The number of anilines is 3. The lowest BCUT2D eigenvalue weighted by molar-refractivity contribution is 1.16. The predicted molar refractivity (Wildman–Crippen MR) is 99.6 cm³/mol. The van der Waals surface area contributed by atoms with Crippen LogP contribution in [0.2, 0.25) is 0 Å². The second-order valence-electron chi connectivity index (χ2n) is 5.04. The van der Waals surface area contributed by atoms with Crippen LogP contribution in [-0.4, -0.2) is 22.0 Å². The van der Waals surface area contributed by atoms with E-state index in [1.807, 2.05) is 38.2 Å². The summed E-state index contributed by atoms with van der Waals surface area (Å²) in [5.74, 6) is 0.567. The molecular weight excluding hydrogens is 374 g/mol. The van der Waals surface area contributed by atoms with Gasteiger partial charge in [0.15, 0.2) is 5.13 Å². The van der Waals surface area contributed by atoms with Gasteiger partial charge in [-0.15, -0.1) is 0 Å². The highest BCUT2D eigenvalue weighted by molar-refractivity contribution is 9.10. The van der Waals surface area contributed by atoms with Crippen molar-refractivity contribution in [1.82, 2.24) is 15.0 Å². The van der Waals surface area contributed by atoms with Crippen molar-refractivity contribution < 1.29 is 0 Å². The van der Waals surface area contributed by atoms with Crippen LogP contribution in [-0.2, 0) is 0 Å². The molecule has 23 heavy (non-hydrogen) atoms. The highest BCUT2D eigenvalue weighted by Gasteiger charge is 2.11. The number of nitrogens with one attached hydrogen (secondary N) is 2. The van der Waals surface area contributed by atoms with E-state index in [4.69, 9.17) is 0 Å². The number of thiazole rings is 1. The summed E-state index contributed by atoms with van der Waals surface area (Å²) in [5.41, 5.74) is 3.95. The number of hydrogen-bond donors (Lipinski definition) is 2. The summed E-state index contributed by atoms with van der Waals surface area (Å²) < 4.78 is 1.05. The first-order valence-corrected chi connectivity index (χ1v) is 8.69. The summed E-state index contributed by atoms with van der Waals surface area (Å²) in [6.07, 6.45) is 1.76. The van der Waals surface area contributed by atoms with Gasteiger partial charge in [0.2, 0.25) is 5.95 Å². The molecule has 0 amide bonds. The monoisotopic (exact) mass is 389 g/mol. The fourth-order valence-corrected chi connectivity index (χ4v) is 3.35. The summed E-state index contributed by atoms with van der Waals surface area (Å²) in [7, 11) is 1.87. The Morgan fingerprint density at radius 1 is 1.13 bits per heavy atom. The third-order valence-corrected chi connectivity index (χ3v) is 5.38. The molecule has 0 saturated heterocycles. The maximum atomic E-state index is 4.60. The Kier molecular flexibility index (Phi) is 4.58. The van der Waals surface area contributed by atoms with Crippen LogP contribution in [0.3, 0.4) is 0 Å². The van der Waals surface area contributed by atoms with Crippen molar-refractivity contribution in [2.24, 2.45) is 0 Å². The molecule has 0 bridgehead atoms. The smallest absolute Gasteiger partial charge is 0.227 e. The summed E-state index contributed by atoms with van der Waals surface area (Å²) in [5, 5.41) is 7.19. The van der Waals surface area contributed by atoms with Gasteiger partial charge in [0.25, 0.3) is 0 Å². The zero-order valence-electron chi connectivity index (χ0n) is 13.0. The quantitative estimate of drug-likeness (QED) is 0.672. The van der Waals surface area contributed by atoms with E-state index in [1.165, 1.54) is 5.56 Å². The molecule has 2 heterocycles. The minimum absolute atomic E-state index is 0.567. The van der Waals surface area contributed by atoms with E-state index in [1.54, 1.807) is 17.5 Å². The second-order valence-corrected chi connectivity index (χ2v) is 6.89. The van der Waals surface area contributed by atoms with Gasteiger partial charge in [0, 0.05) is 23.4 Å². The molecule has 0 atom stereocenters. The van der Waals surface area contributed by atoms with Crippen LogP contribution in [0, 0.1) is 13.8 Å². The van der Waals surface area contributed by atoms with Crippen LogP contribution in [0.4, 0.5) is 16.8 Å². The van der Waals surface area contributed by atoms with Crippen molar-refractivity contribution in [3.05, 3.63) is 46.2 Å². The Labute approximate surface area is 147 Å². The molecule has 0 spiro atoms. The highest BCUT2D eigenvalue weighted by Crippen LogP contribution is 2.31. The number of aromatic nitrogens is 3. The molecule has 0 aliphatic heterocycles. The Hall–Kier alpha value is -1.99. The van der Waals surface area contributed by atoms with Gasteiger partial charge < -0.3 is 10.6 Å². The summed E-state index contributed by atoms with van der Waals surface area (Å²) in [6, 6.07) is 7.97. The number of halogens is 1. The third kappa shape index (κ3) is 3.51. The molecule has 0 unspecified atom stereocenters. The maximum Gasteiger partial charge on any atom is 0.227 e. The van der Waals surface area contributed by atoms with Gasteiger partial charge in [-0.05, 0) is 37.6 Å². The van der Waals surface area contributed by atoms with Crippen LogP contribution in [0.25, 0.3) is 10.6 Å². The van der Waals surface area contributed by atoms with Crippen molar-refractivity contribution in [2.45, 2.75) is 13.8 Å². The molecule has 3 aromatic rings. The van der Waals surface area contributed by atoms with E-state index in [-0.39, 0.29) is 0 Å². The fourth-order valence-electron chi connectivity index (χ4n) is 2.09. The molecule has 0 radical (unpaired) electrons. The van der Waals surface area contributed by atoms with Crippen molar-refractivity contribution in [3.63, 3.8) is 0 Å². The van der Waals surface area contributed by atoms with Gasteiger partial charge in [-0.2, -0.15) is 0 Å². The first-order valence-electron chi connectivity index (χ1n) is 7.08. The largest absolute Gasteiger partial charge is 0.365 e. The van der Waals surface area contributed by atoms with Crippen molar-refractivity contribution in [2.75, 3.05) is 17.7 Å². The van der Waals surface area contributed by atoms with Crippen molar-refractivity contribution in [1.29, 1.82) is 0 Å². The lowest BCUT2D eigenvalue weighted by Gasteiger charge is -2.07. The Bertz CT molecular complexity index is 846. The van der Waals surface area contributed by atoms with Gasteiger partial charge in [-0.25, -0.2) is 15.0 Å². The predicted octanol–water partition coefficient (Wildman–Crippen LogP) is 4.76. The van der Waals surface area contributed by atoms with E-state index in [9.17, 15) is 0 Å². The lowest BCUT2D eigenvalue weighted by Crippen LogP contribution is -1.98. The summed E-state index contributed by atoms with van der Waals surface area (Å²) in [4.78, 5) is 14.4. The molecule has 118 valence electrons. The number of hydrogen-bond acceptors (Lipinski definition) is 6. The Morgan fingerprint density at radius 2 is 1.96 bits per heavy atom. The molecule has 0 aliphatic rings. The summed E-state index contributed by atoms with van der Waals surface area (Å²) >= 11 is 5.12. The van der Waals surface area contributed by atoms with Gasteiger partial charge in [0.05, 0.1) is 16.3 Å². The number of rotatable bonds is 4. The average Bonchev–Trinajstić information content (AvgIpc) is 2.92. The van der Waals surface area contributed by atoms with Crippen LogP contribution in [0.15, 0.2) is 34.9 Å². The topological polar surface area (TPSA) is 62.7 Å². The van der Waals surface area contributed by atoms with Crippen molar-refractivity contribution in [3.8, 4) is 10.6 Å². The molecule has 2 N–H and O–H groups in total. The summed E-state index contributed by atoms with van der Waals surface area (Å²) in [6.45, 7) is 4.04. The fraction of sp³-hybridized carbons (Fsp3) is 0.188. The molecule has 7 heteroatoms. The van der Waals surface area contributed by atoms with Crippen LogP contribution >= 0.6 is 27.3 Å². The van der Waals surface area contributed by atoms with Gasteiger partial charge >= 0.3 is 0 Å². The standard InChI is InChI=1S/C16H16BrN5S/c1-9-4-5-11(8-12(9)17)21-15-19-7-6-13(22-15)14-10(2)20-16(18-3)23-14/h4-8H,1-3H3,(H,18,20)(H,19,21,22). The molecule has 3 rings (SSSR count). The first-order chi connectivity index (χ1) is 11.1. The average molecular weight is 390 g/mol. The SMILES string of the molecule is CNc1nc(C)c(-c2ccnc(Nc3ccc(C)c(Br)c3)n2)s1. The van der Waals surface area contributed by atoms with E-state index in [0.717, 1.165) is 31.6 Å². The molecule has 2 aromatic heterocycles. The number of benzene rings is 1. The zero-order chi connectivity index (χ0) is 16.4. The van der Waals surface area contributed by atoms with Crippen LogP contribution in [0.1, 0.15) is 11.3 Å². The van der Waals surface area contributed by atoms with Gasteiger partial charge in [-0.1, -0.05) is 33.3 Å². The zero-order valence-corrected chi connectivity index (χ0v) is 15.4. The molecule has 0 aliphatic carbocycles. The van der Waals surface area contributed by atoms with E-state index < -0.39 is 0 Å². The molecule has 1 aromatic carbocycles.